The molecular formula is C3H2Cl3F3O. The summed E-state index contributed by atoms with van der Waals surface area (Å²) in [5, 5.41) is -5.31. The number of rotatable bonds is 3. The van der Waals surface area contributed by atoms with Gasteiger partial charge in [0.25, 0.3) is 0 Å². The Bertz CT molecular complexity index is 107. The minimum absolute atomic E-state index is 1.71. The molecule has 0 radical (unpaired) electrons. The molecule has 1 atom stereocenters. The molecule has 0 spiro atoms. The normalized spacial score (nSPS) is 18.0. The van der Waals surface area contributed by atoms with Gasteiger partial charge < -0.3 is 0 Å². The van der Waals surface area contributed by atoms with Crippen molar-refractivity contribution in [3.63, 3.8) is 0 Å². The van der Waals surface area contributed by atoms with E-state index in [1.54, 1.807) is 0 Å². The van der Waals surface area contributed by atoms with Crippen LogP contribution in [0.15, 0.2) is 0 Å². The van der Waals surface area contributed by atoms with Gasteiger partial charge in [-0.3, -0.25) is 4.74 Å². The molecule has 0 saturated carbocycles. The van der Waals surface area contributed by atoms with Gasteiger partial charge in [-0.15, -0.1) is 0 Å². The quantitative estimate of drug-likeness (QED) is 0.661. The highest BCUT2D eigenvalue weighted by atomic mass is 35.5. The van der Waals surface area contributed by atoms with Crippen molar-refractivity contribution in [3.8, 4) is 0 Å². The first-order valence-corrected chi connectivity index (χ1v) is 3.23. The molecule has 0 aliphatic heterocycles. The van der Waals surface area contributed by atoms with Crippen LogP contribution in [0.25, 0.3) is 0 Å². The molecule has 0 saturated heterocycles. The Kier molecular flexibility index (Phi) is 4.09. The second-order valence-corrected chi connectivity index (χ2v) is 2.77. The van der Waals surface area contributed by atoms with Gasteiger partial charge in [0, 0.05) is 0 Å². The van der Waals surface area contributed by atoms with Crippen LogP contribution >= 0.6 is 34.8 Å². The summed E-state index contributed by atoms with van der Waals surface area (Å²) in [6.07, 6.45) is -3.49. The molecule has 1 unspecified atom stereocenters. The van der Waals surface area contributed by atoms with E-state index < -0.39 is 16.8 Å². The van der Waals surface area contributed by atoms with Gasteiger partial charge in [-0.25, -0.2) is 8.78 Å². The summed E-state index contributed by atoms with van der Waals surface area (Å²) in [4.78, 5) is 0. The van der Waals surface area contributed by atoms with Crippen LogP contribution in [0.5, 0.6) is 0 Å². The summed E-state index contributed by atoms with van der Waals surface area (Å²) >= 11 is 14.0. The monoisotopic (exact) mass is 216 g/mol. The summed E-state index contributed by atoms with van der Waals surface area (Å²) in [6, 6.07) is 0. The van der Waals surface area contributed by atoms with Gasteiger partial charge in [0.15, 0.2) is 0 Å². The second-order valence-electron chi connectivity index (χ2n) is 1.24. The summed E-state index contributed by atoms with van der Waals surface area (Å²) in [5.74, 6) is 0. The van der Waals surface area contributed by atoms with Crippen LogP contribution in [0.1, 0.15) is 0 Å². The lowest BCUT2D eigenvalue weighted by Gasteiger charge is -2.17. The fraction of sp³-hybridized carbons (Fsp3) is 1.00. The van der Waals surface area contributed by atoms with Gasteiger partial charge in [0.1, 0.15) is 0 Å². The Morgan fingerprint density at radius 1 is 1.30 bits per heavy atom. The van der Waals surface area contributed by atoms with Crippen molar-refractivity contribution < 1.29 is 17.9 Å². The van der Waals surface area contributed by atoms with E-state index in [9.17, 15) is 13.2 Å². The van der Waals surface area contributed by atoms with E-state index in [2.05, 4.69) is 16.3 Å². The average molecular weight is 217 g/mol. The number of hydrogen-bond acceptors (Lipinski definition) is 1. The molecular weight excluding hydrogens is 215 g/mol. The number of ether oxygens (including phenoxy) is 1. The lowest BCUT2D eigenvalue weighted by molar-refractivity contribution is -0.158. The highest BCUT2D eigenvalue weighted by molar-refractivity contribution is 6.43. The summed E-state index contributed by atoms with van der Waals surface area (Å²) in [5.41, 5.74) is 0. The Balaban J connectivity index is 3.87. The van der Waals surface area contributed by atoms with Crippen molar-refractivity contribution in [1.29, 1.82) is 0 Å². The molecule has 0 aromatic rings. The third-order valence-corrected chi connectivity index (χ3v) is 0.932. The first-order valence-electron chi connectivity index (χ1n) is 1.98. The van der Waals surface area contributed by atoms with Crippen LogP contribution in [0.4, 0.5) is 13.2 Å². The summed E-state index contributed by atoms with van der Waals surface area (Å²) in [7, 11) is 0. The van der Waals surface area contributed by atoms with Crippen LogP contribution < -0.4 is 0 Å². The molecule has 0 heterocycles. The van der Waals surface area contributed by atoms with Crippen LogP contribution in [-0.2, 0) is 4.74 Å². The first kappa shape index (κ1) is 10.6. The zero-order valence-corrected chi connectivity index (χ0v) is 6.60. The largest absolute Gasteiger partial charge is 0.350 e. The van der Waals surface area contributed by atoms with E-state index in [0.717, 1.165) is 0 Å². The maximum atomic E-state index is 12.1. The minimum Gasteiger partial charge on any atom is -0.295 e. The third kappa shape index (κ3) is 3.71. The van der Waals surface area contributed by atoms with Gasteiger partial charge >= 0.3 is 11.7 Å². The van der Waals surface area contributed by atoms with E-state index in [0.29, 0.717) is 0 Å². The smallest absolute Gasteiger partial charge is 0.295 e. The van der Waals surface area contributed by atoms with Gasteiger partial charge in [-0.05, 0) is 11.6 Å². The maximum Gasteiger partial charge on any atom is 0.350 e. The predicted molar refractivity (Wildman–Crippen MR) is 32.3 cm³/mol. The van der Waals surface area contributed by atoms with Crippen molar-refractivity contribution >= 4 is 34.8 Å². The first-order chi connectivity index (χ1) is 4.36. The second kappa shape index (κ2) is 3.85. The van der Waals surface area contributed by atoms with Crippen molar-refractivity contribution in [3.05, 3.63) is 0 Å². The molecule has 0 fully saturated rings. The molecule has 0 rings (SSSR count). The molecule has 7 heteroatoms. The lowest BCUT2D eigenvalue weighted by atomic mass is 10.7. The number of hydrogen-bond donors (Lipinski definition) is 0. The zero-order chi connectivity index (χ0) is 8.36. The third-order valence-electron chi connectivity index (χ3n) is 0.500. The molecule has 10 heavy (non-hydrogen) atoms. The van der Waals surface area contributed by atoms with Crippen molar-refractivity contribution in [1.82, 2.24) is 0 Å². The molecule has 0 aliphatic carbocycles. The average Bonchev–Trinajstić information content (AvgIpc) is 1.60. The fourth-order valence-corrected chi connectivity index (χ4v) is 0.610. The number of halogens is 6. The topological polar surface area (TPSA) is 9.23 Å². The standard InChI is InChI=1S/C3H2Cl3F3O/c4-2(5)10-3(6,9)1(7)8/h1-2H. The molecule has 0 bridgehead atoms. The molecule has 0 N–H and O–H groups in total. The number of alkyl halides is 6. The van der Waals surface area contributed by atoms with Crippen molar-refractivity contribution in [2.45, 2.75) is 16.8 Å². The molecule has 62 valence electrons. The Labute approximate surface area is 70.0 Å². The van der Waals surface area contributed by atoms with E-state index in [1.807, 2.05) is 0 Å². The van der Waals surface area contributed by atoms with Crippen molar-refractivity contribution in [2.75, 3.05) is 0 Å². The van der Waals surface area contributed by atoms with Gasteiger partial charge in [-0.1, -0.05) is 23.2 Å². The molecule has 0 aliphatic rings. The van der Waals surface area contributed by atoms with E-state index in [-0.39, 0.29) is 0 Å². The minimum atomic E-state index is -3.60. The fourth-order valence-electron chi connectivity index (χ4n) is 0.170. The summed E-state index contributed by atoms with van der Waals surface area (Å²) in [6.45, 7) is 0. The van der Waals surface area contributed by atoms with Crippen molar-refractivity contribution in [2.24, 2.45) is 0 Å². The van der Waals surface area contributed by atoms with Gasteiger partial charge in [0.2, 0.25) is 5.02 Å². The molecule has 0 aromatic heterocycles. The van der Waals surface area contributed by atoms with Crippen LogP contribution in [0.2, 0.25) is 0 Å². The highest BCUT2D eigenvalue weighted by Gasteiger charge is 2.41. The molecule has 0 amide bonds. The van der Waals surface area contributed by atoms with E-state index in [4.69, 9.17) is 23.2 Å². The lowest BCUT2D eigenvalue weighted by Crippen LogP contribution is -2.30. The highest BCUT2D eigenvalue weighted by Crippen LogP contribution is 2.30. The van der Waals surface area contributed by atoms with Crippen LogP contribution in [0, 0.1) is 0 Å². The van der Waals surface area contributed by atoms with Gasteiger partial charge in [-0.2, -0.15) is 4.39 Å². The van der Waals surface area contributed by atoms with E-state index in [1.165, 1.54) is 0 Å². The van der Waals surface area contributed by atoms with E-state index >= 15 is 0 Å². The Morgan fingerprint density at radius 2 is 1.70 bits per heavy atom. The SMILES string of the molecule is FC(F)C(F)(Cl)OC(Cl)Cl. The molecule has 1 nitrogen and oxygen atoms in total. The molecule has 0 aromatic carbocycles. The Morgan fingerprint density at radius 3 is 1.80 bits per heavy atom. The van der Waals surface area contributed by atoms with Gasteiger partial charge in [0.05, 0.1) is 0 Å². The Hall–Kier alpha value is 0.620. The summed E-state index contributed by atoms with van der Waals surface area (Å²) < 4.78 is 38.5. The van der Waals surface area contributed by atoms with Crippen LogP contribution in [-0.4, -0.2) is 16.8 Å². The zero-order valence-electron chi connectivity index (χ0n) is 4.33. The van der Waals surface area contributed by atoms with Crippen LogP contribution in [0.3, 0.4) is 0 Å². The predicted octanol–water partition coefficient (Wildman–Crippen LogP) is 2.89. The maximum absolute atomic E-state index is 12.1.